The Morgan fingerprint density at radius 2 is 2.08 bits per heavy atom. The molecule has 0 aliphatic rings. The van der Waals surface area contributed by atoms with E-state index in [4.69, 9.17) is 51.8 Å². The third-order valence-corrected chi connectivity index (χ3v) is 4.60. The van der Waals surface area contributed by atoms with Crippen molar-refractivity contribution in [3.05, 3.63) is 29.8 Å². The summed E-state index contributed by atoms with van der Waals surface area (Å²) in [7, 11) is 0. The number of hydrogen-bond acceptors (Lipinski definition) is 5. The highest BCUT2D eigenvalue weighted by atomic mass is 35.6. The second-order valence-corrected chi connectivity index (χ2v) is 8.65. The van der Waals surface area contributed by atoms with Crippen LogP contribution in [-0.2, 0) is 4.79 Å². The second kappa shape index (κ2) is 10.5. The first-order chi connectivity index (χ1) is 11.2. The molecule has 10 heteroatoms. The highest BCUT2D eigenvalue weighted by Gasteiger charge is 2.31. The van der Waals surface area contributed by atoms with Gasteiger partial charge in [0.15, 0.2) is 6.23 Å². The minimum absolute atomic E-state index is 0.0116. The molecule has 0 bridgehead atoms. The average molecular weight is 432 g/mol. The molecule has 134 valence electrons. The van der Waals surface area contributed by atoms with Gasteiger partial charge >= 0.3 is 0 Å². The Hall–Kier alpha value is -0.440. The largest absolute Gasteiger partial charge is 0.491 e. The lowest BCUT2D eigenvalue weighted by Gasteiger charge is -2.19. The number of rotatable bonds is 7. The summed E-state index contributed by atoms with van der Waals surface area (Å²) in [6, 6.07) is 7.70. The molecule has 1 atom stereocenters. The Labute approximate surface area is 165 Å². The first-order valence-electron chi connectivity index (χ1n) is 6.83. The van der Waals surface area contributed by atoms with Crippen LogP contribution >= 0.6 is 58.8 Å². The fourth-order valence-corrected chi connectivity index (χ4v) is 2.48. The Kier molecular flexibility index (Phi) is 9.48. The van der Waals surface area contributed by atoms with Gasteiger partial charge in [-0.3, -0.25) is 4.79 Å². The van der Waals surface area contributed by atoms with Crippen LogP contribution < -0.4 is 15.4 Å². The number of para-hydroxylation sites is 1. The first-order valence-corrected chi connectivity index (χ1v) is 9.36. The maximum absolute atomic E-state index is 11.6. The predicted octanol–water partition coefficient (Wildman–Crippen LogP) is 2.79. The number of alkyl halides is 3. The molecule has 24 heavy (non-hydrogen) atoms. The lowest BCUT2D eigenvalue weighted by atomic mass is 10.2. The van der Waals surface area contributed by atoms with Gasteiger partial charge < -0.3 is 20.5 Å². The number of benzene rings is 1. The van der Waals surface area contributed by atoms with Gasteiger partial charge in [-0.1, -0.05) is 77.0 Å². The predicted molar refractivity (Wildman–Crippen MR) is 104 cm³/mol. The van der Waals surface area contributed by atoms with Gasteiger partial charge in [-0.05, 0) is 18.6 Å². The van der Waals surface area contributed by atoms with Crippen LogP contribution in [0.15, 0.2) is 24.3 Å². The van der Waals surface area contributed by atoms with Crippen molar-refractivity contribution in [1.29, 1.82) is 0 Å². The monoisotopic (exact) mass is 430 g/mol. The minimum Gasteiger partial charge on any atom is -0.491 e. The van der Waals surface area contributed by atoms with Crippen molar-refractivity contribution < 1.29 is 14.6 Å². The molecule has 1 unspecified atom stereocenters. The molecule has 1 aromatic carbocycles. The molecule has 5 nitrogen and oxygen atoms in total. The number of thioether (sulfide) groups is 1. The lowest BCUT2D eigenvalue weighted by Crippen LogP contribution is -2.44. The van der Waals surface area contributed by atoms with Crippen LogP contribution in [0.2, 0.25) is 0 Å². The number of halogens is 3. The minimum atomic E-state index is -1.98. The number of aliphatic hydroxyl groups excluding tert-OH is 1. The number of ether oxygens (including phenoxy) is 1. The molecule has 0 aromatic heterocycles. The average Bonchev–Trinajstić information content (AvgIpc) is 2.50. The van der Waals surface area contributed by atoms with E-state index in [0.29, 0.717) is 17.5 Å². The number of amides is 1. The van der Waals surface area contributed by atoms with Crippen LogP contribution in [0, 0.1) is 6.92 Å². The van der Waals surface area contributed by atoms with Crippen molar-refractivity contribution in [3.8, 4) is 5.75 Å². The molecule has 3 N–H and O–H groups in total. The van der Waals surface area contributed by atoms with Gasteiger partial charge in [0.05, 0.1) is 12.3 Å². The van der Waals surface area contributed by atoms with Crippen LogP contribution in [0.5, 0.6) is 5.75 Å². The third kappa shape index (κ3) is 8.60. The fraction of sp³-hybridized carbons (Fsp3) is 0.429. The van der Waals surface area contributed by atoms with Gasteiger partial charge in [0, 0.05) is 0 Å². The number of nitrogens with one attached hydrogen (secondary N) is 2. The van der Waals surface area contributed by atoms with Crippen molar-refractivity contribution in [2.75, 3.05) is 18.9 Å². The molecule has 0 aliphatic carbocycles. The topological polar surface area (TPSA) is 70.6 Å². The molecule has 0 saturated carbocycles. The van der Waals surface area contributed by atoms with Gasteiger partial charge in [-0.25, -0.2) is 0 Å². The van der Waals surface area contributed by atoms with Gasteiger partial charge in [0.2, 0.25) is 9.70 Å². The first kappa shape index (κ1) is 21.6. The molecule has 0 fully saturated rings. The van der Waals surface area contributed by atoms with Crippen LogP contribution in [0.3, 0.4) is 0 Å². The summed E-state index contributed by atoms with van der Waals surface area (Å²) < 4.78 is 4.07. The van der Waals surface area contributed by atoms with E-state index in [-0.39, 0.29) is 5.75 Å². The molecule has 0 heterocycles. The van der Waals surface area contributed by atoms with Crippen molar-refractivity contribution in [1.82, 2.24) is 10.6 Å². The van der Waals surface area contributed by atoms with E-state index in [2.05, 4.69) is 10.6 Å². The van der Waals surface area contributed by atoms with E-state index in [1.54, 1.807) is 0 Å². The van der Waals surface area contributed by atoms with Crippen molar-refractivity contribution in [2.24, 2.45) is 0 Å². The molecule has 1 aromatic rings. The Bertz CT molecular complexity index is 570. The summed E-state index contributed by atoms with van der Waals surface area (Å²) in [4.78, 5) is 11.6. The highest BCUT2D eigenvalue weighted by Crippen LogP contribution is 2.28. The molecule has 0 radical (unpaired) electrons. The van der Waals surface area contributed by atoms with Gasteiger partial charge in [0.25, 0.3) is 0 Å². The molecule has 0 spiro atoms. The SMILES string of the molecule is Cc1ccccc1OCCNC(=S)SCC(=O)NC(O)C(Cl)(Cl)Cl. The number of aliphatic hydroxyl groups is 1. The van der Waals surface area contributed by atoms with Crippen LogP contribution in [0.25, 0.3) is 0 Å². The zero-order valence-corrected chi connectivity index (χ0v) is 16.6. The lowest BCUT2D eigenvalue weighted by molar-refractivity contribution is -0.121. The summed E-state index contributed by atoms with van der Waals surface area (Å²) in [5, 5.41) is 14.5. The molecular formula is C14H17Cl3N2O3S2. The Morgan fingerprint density at radius 3 is 2.71 bits per heavy atom. The van der Waals surface area contributed by atoms with E-state index in [1.807, 2.05) is 31.2 Å². The zero-order chi connectivity index (χ0) is 18.2. The van der Waals surface area contributed by atoms with Gasteiger partial charge in [-0.15, -0.1) is 0 Å². The van der Waals surface area contributed by atoms with E-state index in [0.717, 1.165) is 23.1 Å². The second-order valence-electron chi connectivity index (χ2n) is 4.63. The normalized spacial score (nSPS) is 12.4. The molecule has 1 amide bonds. The number of thiocarbonyl (C=S) groups is 1. The Morgan fingerprint density at radius 1 is 1.42 bits per heavy atom. The quantitative estimate of drug-likeness (QED) is 0.267. The van der Waals surface area contributed by atoms with Crippen molar-refractivity contribution in [3.63, 3.8) is 0 Å². The maximum atomic E-state index is 11.6. The van der Waals surface area contributed by atoms with Crippen molar-refractivity contribution >= 4 is 69.0 Å². The number of aryl methyl sites for hydroxylation is 1. The van der Waals surface area contributed by atoms with Crippen LogP contribution in [-0.4, -0.2) is 44.3 Å². The van der Waals surface area contributed by atoms with Crippen LogP contribution in [0.4, 0.5) is 0 Å². The summed E-state index contributed by atoms with van der Waals surface area (Å²) in [5.74, 6) is 0.305. The smallest absolute Gasteiger partial charge is 0.234 e. The van der Waals surface area contributed by atoms with E-state index in [9.17, 15) is 9.90 Å². The molecule has 0 aliphatic heterocycles. The number of hydrogen-bond donors (Lipinski definition) is 3. The van der Waals surface area contributed by atoms with E-state index >= 15 is 0 Å². The maximum Gasteiger partial charge on any atom is 0.234 e. The summed E-state index contributed by atoms with van der Waals surface area (Å²) in [6.07, 6.45) is -1.58. The standard InChI is InChI=1S/C14H17Cl3N2O3S2/c1-9-4-2-3-5-10(9)22-7-6-18-13(23)24-8-11(20)19-12(21)14(15,16)17/h2-5,12,21H,6-8H2,1H3,(H,18,23)(H,19,20). The van der Waals surface area contributed by atoms with Gasteiger partial charge in [-0.2, -0.15) is 0 Å². The fourth-order valence-electron chi connectivity index (χ4n) is 1.49. The summed E-state index contributed by atoms with van der Waals surface area (Å²) in [6.45, 7) is 2.90. The summed E-state index contributed by atoms with van der Waals surface area (Å²) >= 11 is 22.5. The summed E-state index contributed by atoms with van der Waals surface area (Å²) in [5.41, 5.74) is 1.05. The van der Waals surface area contributed by atoms with Crippen LogP contribution in [0.1, 0.15) is 5.56 Å². The number of carbonyl (C=O) groups is 1. The van der Waals surface area contributed by atoms with E-state index in [1.165, 1.54) is 0 Å². The third-order valence-electron chi connectivity index (χ3n) is 2.66. The van der Waals surface area contributed by atoms with Crippen molar-refractivity contribution in [2.45, 2.75) is 16.9 Å². The Balaban J connectivity index is 2.18. The molecule has 1 rings (SSSR count). The molecule has 0 saturated heterocycles. The number of carbonyl (C=O) groups excluding carboxylic acids is 1. The molecular weight excluding hydrogens is 415 g/mol. The van der Waals surface area contributed by atoms with E-state index < -0.39 is 15.9 Å². The highest BCUT2D eigenvalue weighted by molar-refractivity contribution is 8.23. The zero-order valence-electron chi connectivity index (χ0n) is 12.7. The van der Waals surface area contributed by atoms with Gasteiger partial charge in [0.1, 0.15) is 16.7 Å².